The monoisotopic (exact) mass is 463 g/mol. The van der Waals surface area contributed by atoms with Gasteiger partial charge in [-0.3, -0.25) is 9.48 Å². The van der Waals surface area contributed by atoms with Gasteiger partial charge in [0.15, 0.2) is 5.65 Å². The molecule has 0 unspecified atom stereocenters. The van der Waals surface area contributed by atoms with Crippen molar-refractivity contribution in [3.63, 3.8) is 0 Å². The molecule has 0 aliphatic rings. The highest BCUT2D eigenvalue weighted by Crippen LogP contribution is 2.27. The largest absolute Gasteiger partial charge is 0.322 e. The number of pyridine rings is 1. The second kappa shape index (κ2) is 8.76. The van der Waals surface area contributed by atoms with Crippen LogP contribution in [0.4, 0.5) is 5.69 Å². The van der Waals surface area contributed by atoms with Crippen LogP contribution in [-0.4, -0.2) is 35.1 Å². The second-order valence-corrected chi connectivity index (χ2v) is 9.80. The van der Waals surface area contributed by atoms with Gasteiger partial charge in [-0.05, 0) is 51.1 Å². The lowest BCUT2D eigenvalue weighted by Crippen LogP contribution is -2.30. The maximum absolute atomic E-state index is 13.3. The Hall–Kier alpha value is -3.56. The maximum Gasteiger partial charge on any atom is 0.256 e. The molecule has 1 amide bonds. The molecule has 0 bridgehead atoms. The smallest absolute Gasteiger partial charge is 0.256 e. The van der Waals surface area contributed by atoms with Crippen molar-refractivity contribution >= 4 is 32.7 Å². The second-order valence-electron chi connectivity index (χ2n) is 8.08. The molecule has 4 aromatic rings. The lowest BCUT2D eigenvalue weighted by molar-refractivity contribution is 0.102. The van der Waals surface area contributed by atoms with E-state index in [2.05, 4.69) is 15.1 Å². The van der Waals surface area contributed by atoms with E-state index in [1.165, 1.54) is 12.1 Å². The molecule has 2 aromatic heterocycles. The van der Waals surface area contributed by atoms with Crippen LogP contribution < -0.4 is 10.0 Å². The standard InChI is InChI=1S/C24H25N5O3S/c1-15(2)28-33(31,32)19-12-10-18(11-13-19)25-24(30)20-14-21(17-8-6-5-7-9-17)26-23-22(20)16(3)27-29(23)4/h5-15,28H,1-4H3,(H,25,30). The first-order valence-corrected chi connectivity index (χ1v) is 12.0. The molecule has 2 heterocycles. The molecule has 170 valence electrons. The fourth-order valence-electron chi connectivity index (χ4n) is 3.67. The summed E-state index contributed by atoms with van der Waals surface area (Å²) in [4.78, 5) is 18.2. The number of amides is 1. The number of rotatable bonds is 6. The highest BCUT2D eigenvalue weighted by atomic mass is 32.2. The normalized spacial score (nSPS) is 11.8. The summed E-state index contributed by atoms with van der Waals surface area (Å²) in [5.41, 5.74) is 3.79. The quantitative estimate of drug-likeness (QED) is 0.451. The molecule has 4 rings (SSSR count). The van der Waals surface area contributed by atoms with Crippen LogP contribution in [0.2, 0.25) is 0 Å². The molecule has 2 N–H and O–H groups in total. The number of aromatic nitrogens is 3. The zero-order valence-corrected chi connectivity index (χ0v) is 19.6. The summed E-state index contributed by atoms with van der Waals surface area (Å²) in [6, 6.07) is 17.2. The molecule has 8 nitrogen and oxygen atoms in total. The zero-order valence-electron chi connectivity index (χ0n) is 18.8. The zero-order chi connectivity index (χ0) is 23.8. The first-order chi connectivity index (χ1) is 15.7. The van der Waals surface area contributed by atoms with Crippen LogP contribution in [0.3, 0.4) is 0 Å². The molecular weight excluding hydrogens is 438 g/mol. The van der Waals surface area contributed by atoms with Gasteiger partial charge in [-0.15, -0.1) is 0 Å². The Morgan fingerprint density at radius 3 is 2.33 bits per heavy atom. The van der Waals surface area contributed by atoms with E-state index >= 15 is 0 Å². The number of hydrogen-bond acceptors (Lipinski definition) is 5. The predicted octanol–water partition coefficient (Wildman–Crippen LogP) is 3.88. The number of fused-ring (bicyclic) bond motifs is 1. The molecule has 0 spiro atoms. The summed E-state index contributed by atoms with van der Waals surface area (Å²) in [6.45, 7) is 5.35. The van der Waals surface area contributed by atoms with Crippen LogP contribution in [0, 0.1) is 6.92 Å². The Bertz CT molecular complexity index is 1430. The van der Waals surface area contributed by atoms with Gasteiger partial charge in [-0.2, -0.15) is 5.10 Å². The van der Waals surface area contributed by atoms with Crippen molar-refractivity contribution in [2.75, 3.05) is 5.32 Å². The van der Waals surface area contributed by atoms with Crippen LogP contribution in [0.5, 0.6) is 0 Å². The summed E-state index contributed by atoms with van der Waals surface area (Å²) >= 11 is 0. The Labute approximate surface area is 192 Å². The Kier molecular flexibility index (Phi) is 6.01. The molecule has 9 heteroatoms. The number of nitrogens with one attached hydrogen (secondary N) is 2. The van der Waals surface area contributed by atoms with Crippen molar-refractivity contribution in [1.82, 2.24) is 19.5 Å². The maximum atomic E-state index is 13.3. The number of aryl methyl sites for hydroxylation is 2. The van der Waals surface area contributed by atoms with Crippen molar-refractivity contribution < 1.29 is 13.2 Å². The molecule has 0 saturated carbocycles. The van der Waals surface area contributed by atoms with Crippen molar-refractivity contribution in [1.29, 1.82) is 0 Å². The lowest BCUT2D eigenvalue weighted by atomic mass is 10.0. The molecule has 0 aliphatic carbocycles. The highest BCUT2D eigenvalue weighted by molar-refractivity contribution is 7.89. The third kappa shape index (κ3) is 4.64. The number of anilines is 1. The van der Waals surface area contributed by atoms with Gasteiger partial charge in [0.2, 0.25) is 10.0 Å². The van der Waals surface area contributed by atoms with Gasteiger partial charge >= 0.3 is 0 Å². The van der Waals surface area contributed by atoms with Crippen LogP contribution in [-0.2, 0) is 17.1 Å². The molecule has 0 fully saturated rings. The van der Waals surface area contributed by atoms with E-state index in [-0.39, 0.29) is 16.8 Å². The first kappa shape index (κ1) is 22.6. The predicted molar refractivity (Wildman–Crippen MR) is 129 cm³/mol. The van der Waals surface area contributed by atoms with Gasteiger partial charge in [-0.1, -0.05) is 30.3 Å². The molecule has 0 radical (unpaired) electrons. The van der Waals surface area contributed by atoms with E-state index < -0.39 is 10.0 Å². The summed E-state index contributed by atoms with van der Waals surface area (Å²) in [6.07, 6.45) is 0. The van der Waals surface area contributed by atoms with E-state index in [1.807, 2.05) is 37.3 Å². The van der Waals surface area contributed by atoms with Gasteiger partial charge in [0.05, 0.1) is 27.2 Å². The summed E-state index contributed by atoms with van der Waals surface area (Å²) in [5.74, 6) is -0.327. The number of hydrogen-bond donors (Lipinski definition) is 2. The average Bonchev–Trinajstić information content (AvgIpc) is 3.06. The fraction of sp³-hybridized carbons (Fsp3) is 0.208. The van der Waals surface area contributed by atoms with Crippen molar-refractivity contribution in [3.8, 4) is 11.3 Å². The molecule has 0 aliphatic heterocycles. The molecule has 0 atom stereocenters. The van der Waals surface area contributed by atoms with Gasteiger partial charge in [-0.25, -0.2) is 18.1 Å². The average molecular weight is 464 g/mol. The number of benzene rings is 2. The Morgan fingerprint density at radius 1 is 1.03 bits per heavy atom. The van der Waals surface area contributed by atoms with Crippen molar-refractivity contribution in [2.45, 2.75) is 31.7 Å². The van der Waals surface area contributed by atoms with Crippen LogP contribution >= 0.6 is 0 Å². The van der Waals surface area contributed by atoms with Crippen molar-refractivity contribution in [2.24, 2.45) is 7.05 Å². The third-order valence-corrected chi connectivity index (χ3v) is 6.77. The van der Waals surface area contributed by atoms with Gasteiger partial charge in [0, 0.05) is 24.3 Å². The first-order valence-electron chi connectivity index (χ1n) is 10.5. The number of carbonyl (C=O) groups is 1. The number of nitrogens with zero attached hydrogens (tertiary/aromatic N) is 3. The number of carbonyl (C=O) groups excluding carboxylic acids is 1. The lowest BCUT2D eigenvalue weighted by Gasteiger charge is -2.11. The van der Waals surface area contributed by atoms with E-state index in [0.717, 1.165) is 5.56 Å². The summed E-state index contributed by atoms with van der Waals surface area (Å²) in [5, 5.41) is 7.98. The molecular formula is C24H25N5O3S. The minimum absolute atomic E-state index is 0.134. The highest BCUT2D eigenvalue weighted by Gasteiger charge is 2.20. The SMILES string of the molecule is Cc1nn(C)c2nc(-c3ccccc3)cc(C(=O)Nc3ccc(S(=O)(=O)NC(C)C)cc3)c12. The Balaban J connectivity index is 1.70. The fourth-order valence-corrected chi connectivity index (χ4v) is 4.93. The minimum Gasteiger partial charge on any atom is -0.322 e. The molecule has 33 heavy (non-hydrogen) atoms. The van der Waals surface area contributed by atoms with Gasteiger partial charge in [0.1, 0.15) is 0 Å². The summed E-state index contributed by atoms with van der Waals surface area (Å²) < 4.78 is 28.9. The van der Waals surface area contributed by atoms with E-state index in [1.54, 1.807) is 43.8 Å². The topological polar surface area (TPSA) is 106 Å². The number of sulfonamides is 1. The van der Waals surface area contributed by atoms with E-state index in [0.29, 0.717) is 33.7 Å². The van der Waals surface area contributed by atoms with Crippen LogP contribution in [0.1, 0.15) is 29.9 Å². The van der Waals surface area contributed by atoms with Crippen LogP contribution in [0.15, 0.2) is 65.6 Å². The van der Waals surface area contributed by atoms with E-state index in [9.17, 15) is 13.2 Å². The van der Waals surface area contributed by atoms with Crippen molar-refractivity contribution in [3.05, 3.63) is 71.9 Å². The van der Waals surface area contributed by atoms with Gasteiger partial charge in [0.25, 0.3) is 5.91 Å². The molecule has 0 saturated heterocycles. The summed E-state index contributed by atoms with van der Waals surface area (Å²) in [7, 11) is -1.81. The van der Waals surface area contributed by atoms with Gasteiger partial charge < -0.3 is 5.32 Å². The third-order valence-electron chi connectivity index (χ3n) is 5.10. The van der Waals surface area contributed by atoms with Crippen LogP contribution in [0.25, 0.3) is 22.3 Å². The van der Waals surface area contributed by atoms with E-state index in [4.69, 9.17) is 4.98 Å². The Morgan fingerprint density at radius 2 is 1.70 bits per heavy atom. The minimum atomic E-state index is -3.61. The molecule has 2 aromatic carbocycles.